The molecule has 3 rings (SSSR count). The van der Waals surface area contributed by atoms with Crippen molar-refractivity contribution in [2.75, 3.05) is 6.61 Å². The van der Waals surface area contributed by atoms with Gasteiger partial charge in [0.05, 0.1) is 17.8 Å². The largest absolute Gasteiger partial charge is 0.495 e. The van der Waals surface area contributed by atoms with Crippen LogP contribution in [0.1, 0.15) is 40.2 Å². The van der Waals surface area contributed by atoms with Crippen LogP contribution in [0.15, 0.2) is 42.5 Å². The first-order valence-corrected chi connectivity index (χ1v) is 9.22. The predicted molar refractivity (Wildman–Crippen MR) is 104 cm³/mol. The van der Waals surface area contributed by atoms with Crippen LogP contribution < -0.4 is 14.9 Å². The fourth-order valence-corrected chi connectivity index (χ4v) is 2.89. The molecule has 0 radical (unpaired) electrons. The first-order chi connectivity index (χ1) is 12.7. The number of benzene rings is 2. The van der Waals surface area contributed by atoms with Gasteiger partial charge in [0.1, 0.15) is 12.4 Å². The van der Waals surface area contributed by atoms with Gasteiger partial charge in [-0.25, -0.2) is 4.39 Å². The molecule has 1 aliphatic heterocycles. The van der Waals surface area contributed by atoms with Gasteiger partial charge in [0.15, 0.2) is 11.5 Å². The number of hydrogen-bond acceptors (Lipinski definition) is 4. The molecular weight excluding hydrogens is 346 g/mol. The smallest absolute Gasteiger partial charge is 0.490 e. The second-order valence-electron chi connectivity index (χ2n) is 7.60. The summed E-state index contributed by atoms with van der Waals surface area (Å²) in [5.41, 5.74) is 0.455. The van der Waals surface area contributed by atoms with E-state index in [1.54, 1.807) is 6.07 Å². The topological polar surface area (TPSA) is 36.9 Å². The standard InChI is InChI=1S/C21H26BFO4/c1-6-24-18-9-7-8-10-19(18)25-14-15-11-12-16(23)13-17(15)22-26-20(2,3)21(4,5)27-22/h7-13H,6,14H2,1-5H3. The minimum atomic E-state index is -0.647. The molecule has 0 aromatic heterocycles. The van der Waals surface area contributed by atoms with Crippen molar-refractivity contribution >= 4 is 12.6 Å². The molecule has 0 amide bonds. The molecule has 0 atom stereocenters. The van der Waals surface area contributed by atoms with Crippen molar-refractivity contribution in [2.45, 2.75) is 52.4 Å². The molecule has 0 unspecified atom stereocenters. The quantitative estimate of drug-likeness (QED) is 0.716. The Hall–Kier alpha value is -2.05. The Bertz CT molecular complexity index is 791. The Balaban J connectivity index is 1.84. The second-order valence-corrected chi connectivity index (χ2v) is 7.60. The maximum atomic E-state index is 13.9. The van der Waals surface area contributed by atoms with Gasteiger partial charge in [0.2, 0.25) is 0 Å². The van der Waals surface area contributed by atoms with Crippen LogP contribution in [0.2, 0.25) is 0 Å². The van der Waals surface area contributed by atoms with Gasteiger partial charge in [0, 0.05) is 0 Å². The minimum Gasteiger partial charge on any atom is -0.490 e. The third-order valence-electron chi connectivity index (χ3n) is 5.15. The Labute approximate surface area is 160 Å². The van der Waals surface area contributed by atoms with E-state index in [-0.39, 0.29) is 12.4 Å². The van der Waals surface area contributed by atoms with Gasteiger partial charge >= 0.3 is 7.12 Å². The van der Waals surface area contributed by atoms with Crippen molar-refractivity contribution in [3.8, 4) is 11.5 Å². The fraction of sp³-hybridized carbons (Fsp3) is 0.429. The molecule has 27 heavy (non-hydrogen) atoms. The van der Waals surface area contributed by atoms with Crippen molar-refractivity contribution in [1.82, 2.24) is 0 Å². The lowest BCUT2D eigenvalue weighted by Gasteiger charge is -2.32. The zero-order chi connectivity index (χ0) is 19.7. The van der Waals surface area contributed by atoms with Gasteiger partial charge in [-0.05, 0) is 69.9 Å². The van der Waals surface area contributed by atoms with E-state index >= 15 is 0 Å². The van der Waals surface area contributed by atoms with Gasteiger partial charge in [-0.3, -0.25) is 0 Å². The fourth-order valence-electron chi connectivity index (χ4n) is 2.89. The normalized spacial score (nSPS) is 17.8. The van der Waals surface area contributed by atoms with Crippen LogP contribution in [0.3, 0.4) is 0 Å². The summed E-state index contributed by atoms with van der Waals surface area (Å²) in [6, 6.07) is 12.1. The average Bonchev–Trinajstić information content (AvgIpc) is 2.83. The number of para-hydroxylation sites is 2. The van der Waals surface area contributed by atoms with Crippen molar-refractivity contribution in [3.63, 3.8) is 0 Å². The highest BCUT2D eigenvalue weighted by molar-refractivity contribution is 6.62. The summed E-state index contributed by atoms with van der Waals surface area (Å²) in [6.45, 7) is 10.6. The van der Waals surface area contributed by atoms with Crippen molar-refractivity contribution in [3.05, 3.63) is 53.8 Å². The molecule has 0 aliphatic carbocycles. The molecule has 1 fully saturated rings. The summed E-state index contributed by atoms with van der Waals surface area (Å²) in [4.78, 5) is 0. The zero-order valence-corrected chi connectivity index (χ0v) is 16.5. The molecule has 2 aromatic rings. The summed E-state index contributed by atoms with van der Waals surface area (Å²) >= 11 is 0. The van der Waals surface area contributed by atoms with E-state index in [0.717, 1.165) is 5.56 Å². The third kappa shape index (κ3) is 4.12. The number of rotatable bonds is 6. The molecule has 1 heterocycles. The molecule has 0 spiro atoms. The molecule has 2 aromatic carbocycles. The summed E-state index contributed by atoms with van der Waals surface area (Å²) in [5.74, 6) is 0.987. The SMILES string of the molecule is CCOc1ccccc1OCc1ccc(F)cc1B1OC(C)(C)C(C)(C)O1. The molecule has 0 bridgehead atoms. The highest BCUT2D eigenvalue weighted by atomic mass is 19.1. The Morgan fingerprint density at radius 3 is 2.11 bits per heavy atom. The van der Waals surface area contributed by atoms with Crippen LogP contribution in [0.5, 0.6) is 11.5 Å². The summed E-state index contributed by atoms with van der Waals surface area (Å²) in [7, 11) is -0.647. The Morgan fingerprint density at radius 2 is 1.52 bits per heavy atom. The van der Waals surface area contributed by atoms with Crippen LogP contribution in [0.25, 0.3) is 0 Å². The van der Waals surface area contributed by atoms with E-state index in [2.05, 4.69) is 0 Å². The van der Waals surface area contributed by atoms with Crippen molar-refractivity contribution in [2.24, 2.45) is 0 Å². The zero-order valence-electron chi connectivity index (χ0n) is 16.5. The molecule has 6 heteroatoms. The summed E-state index contributed by atoms with van der Waals surface area (Å²) < 4.78 is 37.7. The Kier molecular flexibility index (Phi) is 5.49. The first-order valence-electron chi connectivity index (χ1n) is 9.22. The van der Waals surface area contributed by atoms with E-state index in [0.29, 0.717) is 23.6 Å². The molecule has 144 valence electrons. The lowest BCUT2D eigenvalue weighted by atomic mass is 9.76. The van der Waals surface area contributed by atoms with Gasteiger partial charge in [-0.2, -0.15) is 0 Å². The van der Waals surface area contributed by atoms with Gasteiger partial charge in [0.25, 0.3) is 0 Å². The van der Waals surface area contributed by atoms with Crippen LogP contribution in [-0.2, 0) is 15.9 Å². The predicted octanol–water partition coefficient (Wildman–Crippen LogP) is 4.10. The number of halogens is 1. The van der Waals surface area contributed by atoms with Gasteiger partial charge in [-0.15, -0.1) is 0 Å². The number of ether oxygens (including phenoxy) is 2. The maximum absolute atomic E-state index is 13.9. The third-order valence-corrected chi connectivity index (χ3v) is 5.15. The molecule has 1 saturated heterocycles. The number of hydrogen-bond donors (Lipinski definition) is 0. The van der Waals surface area contributed by atoms with Crippen LogP contribution in [-0.4, -0.2) is 24.9 Å². The lowest BCUT2D eigenvalue weighted by molar-refractivity contribution is 0.00578. The Morgan fingerprint density at radius 1 is 0.926 bits per heavy atom. The maximum Gasteiger partial charge on any atom is 0.495 e. The summed E-state index contributed by atoms with van der Waals surface area (Å²) in [6.07, 6.45) is 0. The van der Waals surface area contributed by atoms with Crippen LogP contribution >= 0.6 is 0 Å². The molecule has 1 aliphatic rings. The molecule has 0 N–H and O–H groups in total. The lowest BCUT2D eigenvalue weighted by Crippen LogP contribution is -2.41. The minimum absolute atomic E-state index is 0.254. The summed E-state index contributed by atoms with van der Waals surface area (Å²) in [5, 5.41) is 0. The van der Waals surface area contributed by atoms with Gasteiger partial charge in [-0.1, -0.05) is 18.2 Å². The van der Waals surface area contributed by atoms with Crippen LogP contribution in [0, 0.1) is 5.82 Å². The van der Waals surface area contributed by atoms with Crippen molar-refractivity contribution in [1.29, 1.82) is 0 Å². The van der Waals surface area contributed by atoms with E-state index in [1.807, 2.05) is 58.9 Å². The molecule has 4 nitrogen and oxygen atoms in total. The van der Waals surface area contributed by atoms with Gasteiger partial charge < -0.3 is 18.8 Å². The highest BCUT2D eigenvalue weighted by Crippen LogP contribution is 2.37. The van der Waals surface area contributed by atoms with E-state index in [9.17, 15) is 4.39 Å². The average molecular weight is 372 g/mol. The van der Waals surface area contributed by atoms with Crippen molar-refractivity contribution < 1.29 is 23.2 Å². The second kappa shape index (κ2) is 7.53. The monoisotopic (exact) mass is 372 g/mol. The van der Waals surface area contributed by atoms with Crippen LogP contribution in [0.4, 0.5) is 4.39 Å². The molecule has 0 saturated carbocycles. The first kappa shape index (κ1) is 19.7. The highest BCUT2D eigenvalue weighted by Gasteiger charge is 2.52. The van der Waals surface area contributed by atoms with E-state index in [4.69, 9.17) is 18.8 Å². The van der Waals surface area contributed by atoms with E-state index < -0.39 is 18.3 Å². The van der Waals surface area contributed by atoms with E-state index in [1.165, 1.54) is 12.1 Å². The molecular formula is C21H26BFO4.